The standard InChI is InChI=1S/C17H16N2O3S/c1-21-12-5-3-4-11(8-12)16(20)10-23-17-18-14-7-6-13(22-2)9-15(14)19-17/h3-9H,10H2,1-2H3,(H,18,19). The quantitative estimate of drug-likeness (QED) is 0.554. The first-order chi connectivity index (χ1) is 11.2. The maximum atomic E-state index is 12.3. The lowest BCUT2D eigenvalue weighted by molar-refractivity contribution is 0.102. The number of nitrogens with one attached hydrogen (secondary N) is 1. The van der Waals surface area contributed by atoms with Crippen molar-refractivity contribution in [3.05, 3.63) is 48.0 Å². The SMILES string of the molecule is COc1cccc(C(=O)CSc2nc3ccc(OC)cc3[nH]2)c1. The number of hydrogen-bond donors (Lipinski definition) is 1. The molecule has 5 nitrogen and oxygen atoms in total. The average molecular weight is 328 g/mol. The molecule has 0 aliphatic carbocycles. The van der Waals surface area contributed by atoms with Crippen molar-refractivity contribution in [2.24, 2.45) is 0 Å². The number of benzene rings is 2. The van der Waals surface area contributed by atoms with Crippen molar-refractivity contribution in [2.75, 3.05) is 20.0 Å². The molecule has 23 heavy (non-hydrogen) atoms. The summed E-state index contributed by atoms with van der Waals surface area (Å²) >= 11 is 1.38. The number of hydrogen-bond acceptors (Lipinski definition) is 5. The minimum atomic E-state index is 0.0342. The first-order valence-corrected chi connectivity index (χ1v) is 8.02. The number of ether oxygens (including phenoxy) is 2. The fourth-order valence-corrected chi connectivity index (χ4v) is 2.95. The summed E-state index contributed by atoms with van der Waals surface area (Å²) in [6.45, 7) is 0. The van der Waals surface area contributed by atoms with E-state index in [1.165, 1.54) is 11.8 Å². The van der Waals surface area contributed by atoms with Crippen LogP contribution in [-0.4, -0.2) is 35.7 Å². The molecule has 0 unspecified atom stereocenters. The molecule has 0 amide bonds. The van der Waals surface area contributed by atoms with Crippen LogP contribution in [-0.2, 0) is 0 Å². The van der Waals surface area contributed by atoms with E-state index < -0.39 is 0 Å². The highest BCUT2D eigenvalue weighted by Gasteiger charge is 2.10. The third-order valence-corrected chi connectivity index (χ3v) is 4.27. The van der Waals surface area contributed by atoms with E-state index in [0.717, 1.165) is 16.8 Å². The predicted octanol–water partition coefficient (Wildman–Crippen LogP) is 3.56. The van der Waals surface area contributed by atoms with E-state index in [-0.39, 0.29) is 5.78 Å². The van der Waals surface area contributed by atoms with Gasteiger partial charge in [-0.3, -0.25) is 4.79 Å². The fraction of sp³-hybridized carbons (Fsp3) is 0.176. The number of H-pyrrole nitrogens is 1. The van der Waals surface area contributed by atoms with Crippen molar-refractivity contribution in [1.82, 2.24) is 9.97 Å². The number of fused-ring (bicyclic) bond motifs is 1. The molecule has 1 N–H and O–H groups in total. The molecule has 3 rings (SSSR count). The summed E-state index contributed by atoms with van der Waals surface area (Å²) in [7, 11) is 3.21. The monoisotopic (exact) mass is 328 g/mol. The Morgan fingerprint density at radius 1 is 1.13 bits per heavy atom. The molecule has 0 saturated heterocycles. The van der Waals surface area contributed by atoms with Crippen LogP contribution in [0.4, 0.5) is 0 Å². The van der Waals surface area contributed by atoms with E-state index in [0.29, 0.717) is 22.2 Å². The van der Waals surface area contributed by atoms with Gasteiger partial charge in [-0.2, -0.15) is 0 Å². The molecule has 0 bridgehead atoms. The molecule has 0 saturated carbocycles. The van der Waals surface area contributed by atoms with Gasteiger partial charge in [0.2, 0.25) is 0 Å². The smallest absolute Gasteiger partial charge is 0.173 e. The van der Waals surface area contributed by atoms with Gasteiger partial charge in [-0.25, -0.2) is 4.98 Å². The van der Waals surface area contributed by atoms with Crippen molar-refractivity contribution < 1.29 is 14.3 Å². The Hall–Kier alpha value is -2.47. The van der Waals surface area contributed by atoms with Crippen LogP contribution in [0.1, 0.15) is 10.4 Å². The highest BCUT2D eigenvalue weighted by Crippen LogP contribution is 2.24. The summed E-state index contributed by atoms with van der Waals surface area (Å²) in [5.74, 6) is 1.79. The first kappa shape index (κ1) is 15.4. The fourth-order valence-electron chi connectivity index (χ4n) is 2.17. The van der Waals surface area contributed by atoms with Crippen molar-refractivity contribution >= 4 is 28.6 Å². The summed E-state index contributed by atoms with van der Waals surface area (Å²) in [5.41, 5.74) is 2.37. The molecule has 2 aromatic carbocycles. The zero-order chi connectivity index (χ0) is 16.2. The van der Waals surface area contributed by atoms with Gasteiger partial charge in [-0.15, -0.1) is 0 Å². The Morgan fingerprint density at radius 2 is 1.91 bits per heavy atom. The molecule has 1 heterocycles. The third kappa shape index (κ3) is 3.48. The van der Waals surface area contributed by atoms with E-state index in [1.807, 2.05) is 30.3 Å². The first-order valence-electron chi connectivity index (χ1n) is 7.03. The second-order valence-electron chi connectivity index (χ2n) is 4.87. The largest absolute Gasteiger partial charge is 0.497 e. The lowest BCUT2D eigenvalue weighted by Gasteiger charge is -2.03. The normalized spacial score (nSPS) is 10.7. The van der Waals surface area contributed by atoms with Gasteiger partial charge < -0.3 is 14.5 Å². The van der Waals surface area contributed by atoms with Crippen LogP contribution in [0, 0.1) is 0 Å². The molecule has 6 heteroatoms. The molecule has 0 radical (unpaired) electrons. The van der Waals surface area contributed by atoms with Gasteiger partial charge >= 0.3 is 0 Å². The topological polar surface area (TPSA) is 64.2 Å². The Labute approximate surface area is 138 Å². The van der Waals surface area contributed by atoms with Crippen LogP contribution >= 0.6 is 11.8 Å². The Bertz CT molecular complexity index is 845. The van der Waals surface area contributed by atoms with Crippen LogP contribution in [0.3, 0.4) is 0 Å². The number of thioether (sulfide) groups is 1. The number of aromatic amines is 1. The molecule has 1 aromatic heterocycles. The minimum Gasteiger partial charge on any atom is -0.497 e. The molecule has 118 valence electrons. The molecule has 0 fully saturated rings. The second kappa shape index (κ2) is 6.75. The van der Waals surface area contributed by atoms with Crippen molar-refractivity contribution in [3.8, 4) is 11.5 Å². The molecular weight excluding hydrogens is 312 g/mol. The number of aromatic nitrogens is 2. The zero-order valence-corrected chi connectivity index (χ0v) is 13.6. The summed E-state index contributed by atoms with van der Waals surface area (Å²) in [4.78, 5) is 19.9. The Balaban J connectivity index is 1.71. The van der Waals surface area contributed by atoms with Crippen LogP contribution < -0.4 is 9.47 Å². The van der Waals surface area contributed by atoms with E-state index in [9.17, 15) is 4.79 Å². The van der Waals surface area contributed by atoms with Crippen LogP contribution in [0.2, 0.25) is 0 Å². The van der Waals surface area contributed by atoms with Gasteiger partial charge in [0.15, 0.2) is 10.9 Å². The van der Waals surface area contributed by atoms with Gasteiger partial charge in [0.25, 0.3) is 0 Å². The van der Waals surface area contributed by atoms with Gasteiger partial charge in [-0.1, -0.05) is 23.9 Å². The molecule has 3 aromatic rings. The lowest BCUT2D eigenvalue weighted by Crippen LogP contribution is -2.02. The number of nitrogens with zero attached hydrogens (tertiary/aromatic N) is 1. The van der Waals surface area contributed by atoms with Crippen molar-refractivity contribution in [1.29, 1.82) is 0 Å². The maximum absolute atomic E-state index is 12.3. The molecule has 0 atom stereocenters. The Morgan fingerprint density at radius 3 is 2.70 bits per heavy atom. The number of carbonyl (C=O) groups excluding carboxylic acids is 1. The van der Waals surface area contributed by atoms with Crippen molar-refractivity contribution in [3.63, 3.8) is 0 Å². The lowest BCUT2D eigenvalue weighted by atomic mass is 10.1. The van der Waals surface area contributed by atoms with E-state index in [2.05, 4.69) is 9.97 Å². The van der Waals surface area contributed by atoms with Crippen molar-refractivity contribution in [2.45, 2.75) is 5.16 Å². The van der Waals surface area contributed by atoms with Crippen LogP contribution in [0.5, 0.6) is 11.5 Å². The number of methoxy groups -OCH3 is 2. The van der Waals surface area contributed by atoms with Gasteiger partial charge in [-0.05, 0) is 24.3 Å². The molecule has 0 aliphatic heterocycles. The Kier molecular flexibility index (Phi) is 4.52. The minimum absolute atomic E-state index is 0.0342. The number of rotatable bonds is 6. The highest BCUT2D eigenvalue weighted by molar-refractivity contribution is 7.99. The zero-order valence-electron chi connectivity index (χ0n) is 12.8. The molecule has 0 aliphatic rings. The van der Waals surface area contributed by atoms with E-state index in [1.54, 1.807) is 26.4 Å². The van der Waals surface area contributed by atoms with E-state index >= 15 is 0 Å². The average Bonchev–Trinajstić information content (AvgIpc) is 3.01. The van der Waals surface area contributed by atoms with Crippen LogP contribution in [0.15, 0.2) is 47.6 Å². The third-order valence-electron chi connectivity index (χ3n) is 3.40. The predicted molar refractivity (Wildman–Crippen MR) is 90.7 cm³/mol. The van der Waals surface area contributed by atoms with Gasteiger partial charge in [0.1, 0.15) is 11.5 Å². The second-order valence-corrected chi connectivity index (χ2v) is 5.83. The summed E-state index contributed by atoms with van der Waals surface area (Å²) in [6.07, 6.45) is 0. The number of Topliss-reactive ketones (excluding diaryl/α,β-unsaturated/α-hetero) is 1. The van der Waals surface area contributed by atoms with Gasteiger partial charge in [0.05, 0.1) is 31.0 Å². The summed E-state index contributed by atoms with van der Waals surface area (Å²) < 4.78 is 10.3. The highest BCUT2D eigenvalue weighted by atomic mass is 32.2. The number of carbonyl (C=O) groups is 1. The molecular formula is C17H16N2O3S. The number of ketones is 1. The van der Waals surface area contributed by atoms with Crippen LogP contribution in [0.25, 0.3) is 11.0 Å². The number of imidazole rings is 1. The maximum Gasteiger partial charge on any atom is 0.173 e. The summed E-state index contributed by atoms with van der Waals surface area (Å²) in [5, 5.41) is 0.712. The molecule has 0 spiro atoms. The summed E-state index contributed by atoms with van der Waals surface area (Å²) in [6, 6.07) is 12.8. The van der Waals surface area contributed by atoms with E-state index in [4.69, 9.17) is 9.47 Å². The van der Waals surface area contributed by atoms with Gasteiger partial charge in [0, 0.05) is 11.6 Å².